The molecule has 1 amide bonds. The van der Waals surface area contributed by atoms with Gasteiger partial charge in [0.05, 0.1) is 33.3 Å². The number of nitro benzene ring substituents is 2. The SMILES string of the molecule is N#Cc1ccccc1OCC(=O)N/N=C/c1cc([N+](=O)[O-])cc([N+](=O)[O-])c1O. The fourth-order valence-corrected chi connectivity index (χ4v) is 2.00. The van der Waals surface area contributed by atoms with Crippen LogP contribution in [0.2, 0.25) is 0 Å². The molecule has 0 bridgehead atoms. The van der Waals surface area contributed by atoms with Crippen molar-refractivity contribution in [1.82, 2.24) is 5.43 Å². The maximum absolute atomic E-state index is 11.7. The number of hydrazone groups is 1. The third-order valence-electron chi connectivity index (χ3n) is 3.27. The third kappa shape index (κ3) is 4.76. The Morgan fingerprint density at radius 2 is 2.00 bits per heavy atom. The van der Waals surface area contributed by atoms with Gasteiger partial charge in [0.2, 0.25) is 5.75 Å². The van der Waals surface area contributed by atoms with Crippen molar-refractivity contribution in [2.45, 2.75) is 0 Å². The Bertz CT molecular complexity index is 1010. The number of hydrogen-bond acceptors (Lipinski definition) is 9. The molecule has 0 spiro atoms. The van der Waals surface area contributed by atoms with Gasteiger partial charge in [0, 0.05) is 6.07 Å². The lowest BCUT2D eigenvalue weighted by molar-refractivity contribution is -0.394. The fraction of sp³-hybridized carbons (Fsp3) is 0.0625. The Balaban J connectivity index is 2.08. The monoisotopic (exact) mass is 385 g/mol. The van der Waals surface area contributed by atoms with Gasteiger partial charge in [-0.2, -0.15) is 10.4 Å². The Hall–Kier alpha value is -4.53. The molecule has 0 heterocycles. The lowest BCUT2D eigenvalue weighted by atomic mass is 10.1. The highest BCUT2D eigenvalue weighted by Crippen LogP contribution is 2.33. The van der Waals surface area contributed by atoms with Crippen LogP contribution in [0.4, 0.5) is 11.4 Å². The molecule has 2 N–H and O–H groups in total. The summed E-state index contributed by atoms with van der Waals surface area (Å²) in [6.07, 6.45) is 0.816. The average Bonchev–Trinajstić information content (AvgIpc) is 2.67. The molecule has 0 aliphatic heterocycles. The second kappa shape index (κ2) is 8.72. The van der Waals surface area contributed by atoms with E-state index >= 15 is 0 Å². The van der Waals surface area contributed by atoms with E-state index in [2.05, 4.69) is 5.10 Å². The normalized spacial score (nSPS) is 10.2. The topological polar surface area (TPSA) is 181 Å². The van der Waals surface area contributed by atoms with E-state index < -0.39 is 39.5 Å². The van der Waals surface area contributed by atoms with E-state index in [1.54, 1.807) is 12.1 Å². The van der Waals surface area contributed by atoms with Gasteiger partial charge >= 0.3 is 5.69 Å². The molecular weight excluding hydrogens is 374 g/mol. The number of carbonyl (C=O) groups is 1. The second-order valence-electron chi connectivity index (χ2n) is 5.11. The van der Waals surface area contributed by atoms with Crippen molar-refractivity contribution in [1.29, 1.82) is 5.26 Å². The van der Waals surface area contributed by atoms with E-state index in [1.807, 2.05) is 11.5 Å². The number of nitrogens with one attached hydrogen (secondary N) is 1. The average molecular weight is 385 g/mol. The van der Waals surface area contributed by atoms with Crippen LogP contribution in [-0.2, 0) is 4.79 Å². The molecule has 12 heteroatoms. The van der Waals surface area contributed by atoms with Crippen molar-refractivity contribution in [3.8, 4) is 17.6 Å². The number of nitro groups is 2. The van der Waals surface area contributed by atoms with Crippen LogP contribution in [0.25, 0.3) is 0 Å². The van der Waals surface area contributed by atoms with Crippen LogP contribution in [-0.4, -0.2) is 33.7 Å². The summed E-state index contributed by atoms with van der Waals surface area (Å²) in [5, 5.41) is 43.9. The molecule has 0 aliphatic rings. The zero-order valence-electron chi connectivity index (χ0n) is 13.9. The van der Waals surface area contributed by atoms with Gasteiger partial charge in [-0.1, -0.05) is 12.1 Å². The largest absolute Gasteiger partial charge is 0.502 e. The molecule has 0 radical (unpaired) electrons. The third-order valence-corrected chi connectivity index (χ3v) is 3.27. The molecule has 28 heavy (non-hydrogen) atoms. The Labute approximate surface area is 156 Å². The lowest BCUT2D eigenvalue weighted by Gasteiger charge is -2.06. The van der Waals surface area contributed by atoms with Gasteiger partial charge in [-0.25, -0.2) is 5.43 Å². The van der Waals surface area contributed by atoms with Crippen LogP contribution < -0.4 is 10.2 Å². The maximum atomic E-state index is 11.7. The first-order chi connectivity index (χ1) is 13.3. The summed E-state index contributed by atoms with van der Waals surface area (Å²) < 4.78 is 5.18. The number of phenolic OH excluding ortho intramolecular Hbond substituents is 1. The van der Waals surface area contributed by atoms with Gasteiger partial charge in [-0.3, -0.25) is 25.0 Å². The molecule has 2 rings (SSSR count). The van der Waals surface area contributed by atoms with E-state index in [4.69, 9.17) is 10.00 Å². The molecule has 0 aromatic heterocycles. The quantitative estimate of drug-likeness (QED) is 0.409. The number of nitriles is 1. The number of amides is 1. The zero-order chi connectivity index (χ0) is 20.7. The number of benzene rings is 2. The smallest absolute Gasteiger partial charge is 0.318 e. The minimum atomic E-state index is -0.987. The number of non-ortho nitro benzene ring substituents is 1. The number of carbonyl (C=O) groups excluding carboxylic acids is 1. The van der Waals surface area contributed by atoms with Crippen molar-refractivity contribution < 1.29 is 24.5 Å². The molecule has 0 unspecified atom stereocenters. The lowest BCUT2D eigenvalue weighted by Crippen LogP contribution is -2.24. The van der Waals surface area contributed by atoms with Gasteiger partial charge in [-0.05, 0) is 12.1 Å². The van der Waals surface area contributed by atoms with Crippen molar-refractivity contribution >= 4 is 23.5 Å². The number of hydrogen-bond donors (Lipinski definition) is 2. The fourth-order valence-electron chi connectivity index (χ4n) is 2.00. The number of aromatic hydroxyl groups is 1. The van der Waals surface area contributed by atoms with Crippen LogP contribution in [0, 0.1) is 31.6 Å². The first kappa shape index (κ1) is 19.8. The summed E-state index contributed by atoms with van der Waals surface area (Å²) in [7, 11) is 0. The highest BCUT2D eigenvalue weighted by molar-refractivity contribution is 5.88. The van der Waals surface area contributed by atoms with E-state index in [0.29, 0.717) is 6.07 Å². The van der Waals surface area contributed by atoms with E-state index in [1.165, 1.54) is 12.1 Å². The van der Waals surface area contributed by atoms with Crippen LogP contribution in [0.15, 0.2) is 41.5 Å². The van der Waals surface area contributed by atoms with Crippen LogP contribution in [0.3, 0.4) is 0 Å². The van der Waals surface area contributed by atoms with Gasteiger partial charge in [0.25, 0.3) is 11.6 Å². The summed E-state index contributed by atoms with van der Waals surface area (Å²) in [4.78, 5) is 31.6. The number of nitrogens with zero attached hydrogens (tertiary/aromatic N) is 4. The molecule has 2 aromatic carbocycles. The zero-order valence-corrected chi connectivity index (χ0v) is 13.9. The molecule has 0 saturated heterocycles. The Morgan fingerprint density at radius 3 is 2.64 bits per heavy atom. The predicted octanol–water partition coefficient (Wildman–Crippen LogP) is 1.61. The summed E-state index contributed by atoms with van der Waals surface area (Å²) in [6, 6.07) is 9.60. The van der Waals surface area contributed by atoms with Crippen molar-refractivity contribution in [2.75, 3.05) is 6.61 Å². The van der Waals surface area contributed by atoms with Crippen LogP contribution >= 0.6 is 0 Å². The van der Waals surface area contributed by atoms with Crippen molar-refractivity contribution in [3.05, 3.63) is 67.8 Å². The first-order valence-corrected chi connectivity index (χ1v) is 7.43. The highest BCUT2D eigenvalue weighted by Gasteiger charge is 2.23. The summed E-state index contributed by atoms with van der Waals surface area (Å²) in [5.41, 5.74) is 0.421. The Morgan fingerprint density at radius 1 is 1.29 bits per heavy atom. The molecule has 0 aliphatic carbocycles. The summed E-state index contributed by atoms with van der Waals surface area (Å²) in [5.74, 6) is -1.38. The van der Waals surface area contributed by atoms with E-state index in [9.17, 15) is 30.1 Å². The molecular formula is C16H11N5O7. The van der Waals surface area contributed by atoms with Gasteiger partial charge in [-0.15, -0.1) is 0 Å². The first-order valence-electron chi connectivity index (χ1n) is 7.43. The van der Waals surface area contributed by atoms with Crippen molar-refractivity contribution in [2.24, 2.45) is 5.10 Å². The Kier molecular flexibility index (Phi) is 6.16. The number of para-hydroxylation sites is 1. The van der Waals surface area contributed by atoms with E-state index in [0.717, 1.165) is 12.3 Å². The molecule has 142 valence electrons. The van der Waals surface area contributed by atoms with Crippen molar-refractivity contribution in [3.63, 3.8) is 0 Å². The highest BCUT2D eigenvalue weighted by atomic mass is 16.6. The molecule has 0 saturated carbocycles. The second-order valence-corrected chi connectivity index (χ2v) is 5.11. The molecule has 12 nitrogen and oxygen atoms in total. The van der Waals surface area contributed by atoms with Gasteiger partial charge < -0.3 is 9.84 Å². The molecule has 0 atom stereocenters. The minimum Gasteiger partial charge on any atom is -0.502 e. The molecule has 0 fully saturated rings. The van der Waals surface area contributed by atoms with Crippen LogP contribution in [0.5, 0.6) is 11.5 Å². The summed E-state index contributed by atoms with van der Waals surface area (Å²) >= 11 is 0. The van der Waals surface area contributed by atoms with Gasteiger partial charge in [0.15, 0.2) is 6.61 Å². The predicted molar refractivity (Wildman–Crippen MR) is 93.8 cm³/mol. The minimum absolute atomic E-state index is 0.191. The number of phenols is 1. The standard InChI is InChI=1S/C16H11N5O7/c17-7-10-3-1-2-4-14(10)28-9-15(22)19-18-8-11-5-12(20(24)25)6-13(16(11)23)21(26)27/h1-6,8,23H,9H2,(H,19,22)/b18-8+. The molecule has 2 aromatic rings. The maximum Gasteiger partial charge on any atom is 0.318 e. The van der Waals surface area contributed by atoms with Gasteiger partial charge in [0.1, 0.15) is 11.8 Å². The number of ether oxygens (including phenoxy) is 1. The summed E-state index contributed by atoms with van der Waals surface area (Å²) in [6.45, 7) is -0.489. The van der Waals surface area contributed by atoms with Crippen LogP contribution in [0.1, 0.15) is 11.1 Å². The van der Waals surface area contributed by atoms with E-state index in [-0.39, 0.29) is 16.9 Å². The number of rotatable bonds is 7.